The third kappa shape index (κ3) is 4.81. The normalized spacial score (nSPS) is 12.3. The maximum absolute atomic E-state index is 13.1. The minimum absolute atomic E-state index is 0.135. The highest BCUT2D eigenvalue weighted by atomic mass is 19.1. The van der Waals surface area contributed by atoms with Gasteiger partial charge in [-0.2, -0.15) is 0 Å². The third-order valence-electron chi connectivity index (χ3n) is 3.13. The molecule has 1 rings (SSSR count). The van der Waals surface area contributed by atoms with Gasteiger partial charge in [0.1, 0.15) is 11.6 Å². The quantitative estimate of drug-likeness (QED) is 0.808. The summed E-state index contributed by atoms with van der Waals surface area (Å²) in [5.41, 5.74) is 0.334. The molecule has 1 atom stereocenters. The van der Waals surface area contributed by atoms with E-state index in [1.54, 1.807) is 0 Å². The highest BCUT2D eigenvalue weighted by molar-refractivity contribution is 5.77. The predicted octanol–water partition coefficient (Wildman–Crippen LogP) is 2.56. The molecule has 5 heteroatoms. The molecule has 0 fully saturated rings. The fraction of sp³-hybridized carbons (Fsp3) is 0.533. The summed E-state index contributed by atoms with van der Waals surface area (Å²) in [7, 11) is 0. The zero-order chi connectivity index (χ0) is 15.1. The number of halogens is 1. The molecule has 0 bridgehead atoms. The Morgan fingerprint density at radius 1 is 1.40 bits per heavy atom. The lowest BCUT2D eigenvalue weighted by atomic mass is 10.1. The van der Waals surface area contributed by atoms with E-state index in [1.807, 2.05) is 13.8 Å². The van der Waals surface area contributed by atoms with Gasteiger partial charge in [0.2, 0.25) is 0 Å². The Morgan fingerprint density at radius 2 is 2.05 bits per heavy atom. The number of benzene rings is 1. The number of carbonyl (C=O) groups excluding carboxylic acids is 1. The van der Waals surface area contributed by atoms with Crippen molar-refractivity contribution in [2.75, 3.05) is 6.61 Å². The van der Waals surface area contributed by atoms with E-state index in [0.717, 1.165) is 12.8 Å². The number of rotatable bonds is 7. The first-order valence-electron chi connectivity index (χ1n) is 6.87. The SMILES string of the molecule is CCC(CC)NC(=O)COc1ccc(F)cc1[C@H](C)O. The van der Waals surface area contributed by atoms with Crippen molar-refractivity contribution in [3.8, 4) is 5.75 Å². The number of aliphatic hydroxyl groups excluding tert-OH is 1. The standard InChI is InChI=1S/C15H22FNO3/c1-4-12(5-2)17-15(19)9-20-14-7-6-11(16)8-13(14)10(3)18/h6-8,10,12,18H,4-5,9H2,1-3H3,(H,17,19)/t10-/m0/s1. The predicted molar refractivity (Wildman–Crippen MR) is 75.0 cm³/mol. The van der Waals surface area contributed by atoms with Crippen molar-refractivity contribution >= 4 is 5.91 Å². The van der Waals surface area contributed by atoms with Crippen LogP contribution in [0.25, 0.3) is 0 Å². The zero-order valence-corrected chi connectivity index (χ0v) is 12.1. The van der Waals surface area contributed by atoms with E-state index in [2.05, 4.69) is 5.32 Å². The van der Waals surface area contributed by atoms with Crippen LogP contribution in [-0.4, -0.2) is 23.7 Å². The first-order chi connectivity index (χ1) is 9.47. The summed E-state index contributed by atoms with van der Waals surface area (Å²) in [4.78, 5) is 11.7. The van der Waals surface area contributed by atoms with Crippen molar-refractivity contribution < 1.29 is 19.0 Å². The number of ether oxygens (including phenoxy) is 1. The minimum atomic E-state index is -0.859. The molecule has 2 N–H and O–H groups in total. The van der Waals surface area contributed by atoms with Crippen molar-refractivity contribution in [2.24, 2.45) is 0 Å². The lowest BCUT2D eigenvalue weighted by Gasteiger charge is -2.16. The molecule has 0 aliphatic carbocycles. The number of aliphatic hydroxyl groups is 1. The van der Waals surface area contributed by atoms with Crippen molar-refractivity contribution in [1.29, 1.82) is 0 Å². The van der Waals surface area contributed by atoms with Crippen LogP contribution in [0.15, 0.2) is 18.2 Å². The first kappa shape index (κ1) is 16.4. The summed E-state index contributed by atoms with van der Waals surface area (Å²) in [5, 5.41) is 12.4. The van der Waals surface area contributed by atoms with Crippen LogP contribution < -0.4 is 10.1 Å². The molecule has 0 saturated carbocycles. The lowest BCUT2D eigenvalue weighted by Crippen LogP contribution is -2.37. The van der Waals surface area contributed by atoms with Crippen molar-refractivity contribution in [3.05, 3.63) is 29.6 Å². The zero-order valence-electron chi connectivity index (χ0n) is 12.1. The molecule has 1 aromatic rings. The van der Waals surface area contributed by atoms with Gasteiger partial charge in [-0.05, 0) is 38.0 Å². The Morgan fingerprint density at radius 3 is 2.60 bits per heavy atom. The number of hydrogen-bond donors (Lipinski definition) is 2. The van der Waals surface area contributed by atoms with Crippen LogP contribution in [0.1, 0.15) is 45.3 Å². The molecule has 0 unspecified atom stereocenters. The molecular weight excluding hydrogens is 261 g/mol. The molecule has 0 aliphatic rings. The molecule has 4 nitrogen and oxygen atoms in total. The smallest absolute Gasteiger partial charge is 0.258 e. The van der Waals surface area contributed by atoms with E-state index in [-0.39, 0.29) is 18.6 Å². The molecule has 0 heterocycles. The van der Waals surface area contributed by atoms with Gasteiger partial charge in [0.25, 0.3) is 5.91 Å². The Balaban J connectivity index is 2.63. The second-order valence-corrected chi connectivity index (χ2v) is 4.73. The van der Waals surface area contributed by atoms with Crippen LogP contribution in [0.4, 0.5) is 4.39 Å². The summed E-state index contributed by atoms with van der Waals surface area (Å²) in [6, 6.07) is 4.00. The van der Waals surface area contributed by atoms with Crippen molar-refractivity contribution in [1.82, 2.24) is 5.32 Å². The fourth-order valence-electron chi connectivity index (χ4n) is 1.88. The van der Waals surface area contributed by atoms with Crippen LogP contribution in [-0.2, 0) is 4.79 Å². The van der Waals surface area contributed by atoms with Gasteiger partial charge >= 0.3 is 0 Å². The second-order valence-electron chi connectivity index (χ2n) is 4.73. The van der Waals surface area contributed by atoms with Crippen LogP contribution in [0.3, 0.4) is 0 Å². The molecule has 1 aromatic carbocycles. The molecule has 0 saturated heterocycles. The van der Waals surface area contributed by atoms with Gasteiger partial charge < -0.3 is 15.2 Å². The van der Waals surface area contributed by atoms with Gasteiger partial charge in [0.15, 0.2) is 6.61 Å². The lowest BCUT2D eigenvalue weighted by molar-refractivity contribution is -0.123. The monoisotopic (exact) mass is 283 g/mol. The number of amides is 1. The third-order valence-corrected chi connectivity index (χ3v) is 3.13. The summed E-state index contributed by atoms with van der Waals surface area (Å²) >= 11 is 0. The average Bonchev–Trinajstić information content (AvgIpc) is 2.43. The van der Waals surface area contributed by atoms with Crippen LogP contribution in [0, 0.1) is 5.82 Å². The van der Waals surface area contributed by atoms with E-state index in [0.29, 0.717) is 11.3 Å². The topological polar surface area (TPSA) is 58.6 Å². The van der Waals surface area contributed by atoms with E-state index >= 15 is 0 Å². The summed E-state index contributed by atoms with van der Waals surface area (Å²) < 4.78 is 18.5. The Labute approximate surface area is 119 Å². The molecule has 0 spiro atoms. The van der Waals surface area contributed by atoms with Gasteiger partial charge in [0.05, 0.1) is 6.10 Å². The Bertz CT molecular complexity index is 445. The molecule has 20 heavy (non-hydrogen) atoms. The van der Waals surface area contributed by atoms with E-state index < -0.39 is 11.9 Å². The van der Waals surface area contributed by atoms with Crippen LogP contribution in [0.5, 0.6) is 5.75 Å². The molecule has 1 amide bonds. The van der Waals surface area contributed by atoms with Gasteiger partial charge in [-0.1, -0.05) is 13.8 Å². The Hall–Kier alpha value is -1.62. The Kier molecular flexibility index (Phi) is 6.45. The molecule has 112 valence electrons. The number of hydrogen-bond acceptors (Lipinski definition) is 3. The fourth-order valence-corrected chi connectivity index (χ4v) is 1.88. The van der Waals surface area contributed by atoms with Gasteiger partial charge in [-0.15, -0.1) is 0 Å². The minimum Gasteiger partial charge on any atom is -0.483 e. The summed E-state index contributed by atoms with van der Waals surface area (Å²) in [5.74, 6) is -0.351. The first-order valence-corrected chi connectivity index (χ1v) is 6.87. The van der Waals surface area contributed by atoms with Gasteiger partial charge in [-0.25, -0.2) is 4.39 Å². The molecular formula is C15H22FNO3. The molecule has 0 radical (unpaired) electrons. The van der Waals surface area contributed by atoms with Gasteiger partial charge in [-0.3, -0.25) is 4.79 Å². The largest absolute Gasteiger partial charge is 0.483 e. The summed E-state index contributed by atoms with van der Waals surface area (Å²) in [6.07, 6.45) is 0.859. The number of nitrogens with one attached hydrogen (secondary N) is 1. The van der Waals surface area contributed by atoms with Crippen molar-refractivity contribution in [3.63, 3.8) is 0 Å². The van der Waals surface area contributed by atoms with Gasteiger partial charge in [0, 0.05) is 11.6 Å². The van der Waals surface area contributed by atoms with Crippen LogP contribution >= 0.6 is 0 Å². The second kappa shape index (κ2) is 7.85. The highest BCUT2D eigenvalue weighted by Gasteiger charge is 2.13. The van der Waals surface area contributed by atoms with Crippen molar-refractivity contribution in [2.45, 2.75) is 45.8 Å². The molecule has 0 aromatic heterocycles. The van der Waals surface area contributed by atoms with E-state index in [4.69, 9.17) is 4.74 Å². The summed E-state index contributed by atoms with van der Waals surface area (Å²) in [6.45, 7) is 5.37. The number of carbonyl (C=O) groups is 1. The highest BCUT2D eigenvalue weighted by Crippen LogP contribution is 2.25. The maximum Gasteiger partial charge on any atom is 0.258 e. The maximum atomic E-state index is 13.1. The molecule has 0 aliphatic heterocycles. The van der Waals surface area contributed by atoms with Crippen LogP contribution in [0.2, 0.25) is 0 Å². The van der Waals surface area contributed by atoms with E-state index in [9.17, 15) is 14.3 Å². The average molecular weight is 283 g/mol. The van der Waals surface area contributed by atoms with E-state index in [1.165, 1.54) is 25.1 Å².